The van der Waals surface area contributed by atoms with Gasteiger partial charge in [0.15, 0.2) is 12.6 Å². The second kappa shape index (κ2) is 57.8. The Morgan fingerprint density at radius 2 is 0.861 bits per heavy atom. The van der Waals surface area contributed by atoms with Crippen molar-refractivity contribution in [2.24, 2.45) is 0 Å². The summed E-state index contributed by atoms with van der Waals surface area (Å²) in [4.78, 5) is 38.7. The van der Waals surface area contributed by atoms with Crippen LogP contribution in [0, 0.1) is 0 Å². The fourth-order valence-electron chi connectivity index (χ4n) is 14.6. The fourth-order valence-corrected chi connectivity index (χ4v) is 14.6. The number of ether oxygens (including phenoxy) is 6. The van der Waals surface area contributed by atoms with Crippen LogP contribution in [0.25, 0.3) is 0 Å². The molecule has 0 saturated carbocycles. The predicted molar refractivity (Wildman–Crippen MR) is 389 cm³/mol. The molecule has 23 heteroatoms. The van der Waals surface area contributed by atoms with Gasteiger partial charge in [0.1, 0.15) is 67.1 Å². The van der Waals surface area contributed by atoms with E-state index in [0.717, 1.165) is 51.9 Å². The first kappa shape index (κ1) is 92.9. The average molecular weight is 1450 g/mol. The van der Waals surface area contributed by atoms with Crippen molar-refractivity contribution in [2.75, 3.05) is 26.4 Å². The van der Waals surface area contributed by atoms with Crippen LogP contribution < -0.4 is 10.6 Å². The Labute approximate surface area is 608 Å². The van der Waals surface area contributed by atoms with Crippen molar-refractivity contribution in [3.63, 3.8) is 0 Å². The van der Waals surface area contributed by atoms with E-state index in [2.05, 4.69) is 24.5 Å². The smallest absolute Gasteiger partial charge is 0.364 e. The molecule has 596 valence electrons. The summed E-state index contributed by atoms with van der Waals surface area (Å²) in [6, 6.07) is -2.53. The molecule has 2 amide bonds. The second-order valence-corrected chi connectivity index (χ2v) is 30.0. The zero-order chi connectivity index (χ0) is 73.9. The highest BCUT2D eigenvalue weighted by Crippen LogP contribution is 2.39. The van der Waals surface area contributed by atoms with Crippen LogP contribution in [0.15, 0.2) is 0 Å². The molecule has 101 heavy (non-hydrogen) atoms. The molecule has 3 fully saturated rings. The van der Waals surface area contributed by atoms with Crippen molar-refractivity contribution in [3.05, 3.63) is 0 Å². The van der Waals surface area contributed by atoms with Gasteiger partial charge in [-0.25, -0.2) is 4.79 Å². The van der Waals surface area contributed by atoms with Crippen molar-refractivity contribution in [1.82, 2.24) is 10.6 Å². The SMILES string of the molecule is CCCCCCCCCCCCCCCCCCCCCCCCCCCCCCCC(=O)NC(COC1OC(CO)C(OC2OC(CO)C(O)C(OC3(C(=O)O)CC(O)C(NC(C)=O)C(C(O)C(O)CO)O3)C2O)C(O)C1O)C(O)CCCCCCCCCCCCCCCCCCCC. The predicted octanol–water partition coefficient (Wildman–Crippen LogP) is 10.8. The lowest BCUT2D eigenvalue weighted by atomic mass is 9.88. The van der Waals surface area contributed by atoms with E-state index in [1.165, 1.54) is 244 Å². The molecule has 0 bridgehead atoms. The summed E-state index contributed by atoms with van der Waals surface area (Å²) in [6.45, 7) is 2.27. The third-order valence-corrected chi connectivity index (χ3v) is 21.1. The average Bonchev–Trinajstić information content (AvgIpc) is 0.756. The van der Waals surface area contributed by atoms with Crippen LogP contribution in [0.4, 0.5) is 0 Å². The number of aliphatic hydroxyl groups excluding tert-OH is 11. The van der Waals surface area contributed by atoms with Gasteiger partial charge in [-0.2, -0.15) is 0 Å². The molecule has 0 spiro atoms. The van der Waals surface area contributed by atoms with Gasteiger partial charge in [-0.3, -0.25) is 9.59 Å². The Morgan fingerprint density at radius 3 is 1.24 bits per heavy atom. The molecule has 0 aliphatic carbocycles. The first-order chi connectivity index (χ1) is 48.9. The molecular formula is C78H148N2O21. The highest BCUT2D eigenvalue weighted by Gasteiger charge is 2.60. The van der Waals surface area contributed by atoms with Crippen LogP contribution in [0.1, 0.15) is 342 Å². The van der Waals surface area contributed by atoms with Crippen LogP contribution in [0.2, 0.25) is 0 Å². The first-order valence-electron chi connectivity index (χ1n) is 40.9. The molecule has 14 N–H and O–H groups in total. The number of rotatable bonds is 65. The molecule has 3 rings (SSSR count). The van der Waals surface area contributed by atoms with Gasteiger partial charge >= 0.3 is 5.97 Å². The van der Waals surface area contributed by atoms with E-state index in [0.29, 0.717) is 19.3 Å². The van der Waals surface area contributed by atoms with E-state index in [-0.39, 0.29) is 18.9 Å². The van der Waals surface area contributed by atoms with Gasteiger partial charge in [0.25, 0.3) is 5.79 Å². The summed E-state index contributed by atoms with van der Waals surface area (Å²) in [5.41, 5.74) is 0. The number of hydrogen-bond acceptors (Lipinski definition) is 20. The van der Waals surface area contributed by atoms with Crippen LogP contribution in [0.3, 0.4) is 0 Å². The lowest BCUT2D eigenvalue weighted by Gasteiger charge is -2.50. The minimum absolute atomic E-state index is 0.230. The summed E-state index contributed by atoms with van der Waals surface area (Å²) in [5, 5.41) is 137. The molecule has 3 saturated heterocycles. The number of aliphatic hydroxyl groups is 11. The maximum absolute atomic E-state index is 13.6. The monoisotopic (exact) mass is 1450 g/mol. The highest BCUT2D eigenvalue weighted by atomic mass is 16.8. The Bertz CT molecular complexity index is 2020. The van der Waals surface area contributed by atoms with Crippen molar-refractivity contribution in [1.29, 1.82) is 0 Å². The normalized spacial score (nSPS) is 26.7. The summed E-state index contributed by atoms with van der Waals surface area (Å²) < 4.78 is 35.0. The number of hydrogen-bond donors (Lipinski definition) is 14. The first-order valence-corrected chi connectivity index (χ1v) is 40.9. The molecule has 3 heterocycles. The van der Waals surface area contributed by atoms with Gasteiger partial charge in [-0.15, -0.1) is 0 Å². The quantitative estimate of drug-likeness (QED) is 0.0252. The summed E-state index contributed by atoms with van der Waals surface area (Å²) >= 11 is 0. The van der Waals surface area contributed by atoms with E-state index in [9.17, 15) is 75.7 Å². The molecule has 0 aromatic rings. The number of carboxylic acids is 1. The number of unbranched alkanes of at least 4 members (excludes halogenated alkanes) is 45. The minimum atomic E-state index is -3.08. The van der Waals surface area contributed by atoms with E-state index in [1.54, 1.807) is 0 Å². The topological polar surface area (TPSA) is 373 Å². The molecule has 23 nitrogen and oxygen atoms in total. The van der Waals surface area contributed by atoms with Crippen LogP contribution in [-0.4, -0.2) is 215 Å². The molecule has 0 aromatic heterocycles. The lowest BCUT2D eigenvalue weighted by molar-refractivity contribution is -0.386. The molecule has 18 unspecified atom stereocenters. The molecule has 0 aromatic carbocycles. The molecule has 3 aliphatic heterocycles. The zero-order valence-corrected chi connectivity index (χ0v) is 63.0. The van der Waals surface area contributed by atoms with E-state index in [4.69, 9.17) is 28.4 Å². The number of carbonyl (C=O) groups excluding carboxylic acids is 2. The van der Waals surface area contributed by atoms with Crippen molar-refractivity contribution >= 4 is 17.8 Å². The van der Waals surface area contributed by atoms with Gasteiger partial charge < -0.3 is 100 Å². The van der Waals surface area contributed by atoms with Crippen molar-refractivity contribution in [2.45, 2.75) is 452 Å². The Balaban J connectivity index is 1.48. The molecule has 0 radical (unpaired) electrons. The van der Waals surface area contributed by atoms with E-state index in [1.807, 2.05) is 0 Å². The van der Waals surface area contributed by atoms with Gasteiger partial charge in [0.2, 0.25) is 11.8 Å². The van der Waals surface area contributed by atoms with Gasteiger partial charge in [0.05, 0.1) is 50.7 Å². The number of carbonyl (C=O) groups is 3. The van der Waals surface area contributed by atoms with E-state index < -0.39 is 148 Å². The third kappa shape index (κ3) is 38.4. The summed E-state index contributed by atoms with van der Waals surface area (Å²) in [6.07, 6.45) is 31.0. The molecular weight excluding hydrogens is 1300 g/mol. The van der Waals surface area contributed by atoms with E-state index >= 15 is 0 Å². The third-order valence-electron chi connectivity index (χ3n) is 21.1. The Kier molecular flexibility index (Phi) is 53.2. The Hall–Kier alpha value is -2.27. The van der Waals surface area contributed by atoms with Crippen LogP contribution in [-0.2, 0) is 42.8 Å². The second-order valence-electron chi connectivity index (χ2n) is 30.0. The maximum atomic E-state index is 13.6. The number of amides is 2. The van der Waals surface area contributed by atoms with Gasteiger partial charge in [-0.05, 0) is 12.8 Å². The van der Waals surface area contributed by atoms with Crippen LogP contribution in [0.5, 0.6) is 0 Å². The van der Waals surface area contributed by atoms with Gasteiger partial charge in [-0.1, -0.05) is 309 Å². The lowest BCUT2D eigenvalue weighted by Crippen LogP contribution is -2.70. The zero-order valence-electron chi connectivity index (χ0n) is 63.0. The van der Waals surface area contributed by atoms with Crippen molar-refractivity contribution in [3.8, 4) is 0 Å². The van der Waals surface area contributed by atoms with Crippen LogP contribution >= 0.6 is 0 Å². The molecule has 18 atom stereocenters. The summed E-state index contributed by atoms with van der Waals surface area (Å²) in [7, 11) is 0. The highest BCUT2D eigenvalue weighted by molar-refractivity contribution is 5.77. The molecule has 3 aliphatic rings. The van der Waals surface area contributed by atoms with Crippen molar-refractivity contribution < 1.29 is 104 Å². The number of nitrogens with one attached hydrogen (secondary N) is 2. The number of carboxylic acid groups (broad SMARTS) is 1. The van der Waals surface area contributed by atoms with Gasteiger partial charge in [0, 0.05) is 19.8 Å². The summed E-state index contributed by atoms with van der Waals surface area (Å²) in [5.74, 6) is -6.09. The Morgan fingerprint density at radius 1 is 0.475 bits per heavy atom. The largest absolute Gasteiger partial charge is 0.477 e. The standard InChI is InChI=1S/C78H148N2O21/c1-4-6-8-10-12-14-16-18-20-22-24-25-26-27-28-29-30-31-32-33-34-36-38-40-42-44-46-48-50-52-65(88)80-59(60(85)51-49-47-45-43-41-39-37-35-23-21-19-17-15-13-11-9-7-5-2)57-96-75-70(92)69(91)72(64(56-83)98-75)99-76-71(93)74(68(90)63(55-82)97-76)101-78(77(94)95)53-61(86)66(79-58(3)84)73(100-78)67(89)62(87)54-81/h59-64,66-76,81-83,85-87,89-93H,4-57H2,1-3H3,(H,79,84)(H,80,88)(H,94,95). The number of aliphatic carboxylic acids is 1. The minimum Gasteiger partial charge on any atom is -0.477 e. The fraction of sp³-hybridized carbons (Fsp3) is 0.962. The maximum Gasteiger partial charge on any atom is 0.364 e.